The number of nitrogens with one attached hydrogen (secondary N) is 1. The molecule has 0 amide bonds. The highest BCUT2D eigenvalue weighted by Crippen LogP contribution is 2.32. The zero-order chi connectivity index (χ0) is 13.7. The highest BCUT2D eigenvalue weighted by molar-refractivity contribution is 9.10. The van der Waals surface area contributed by atoms with Crippen LogP contribution in [0.2, 0.25) is 0 Å². The average molecular weight is 326 g/mol. The fourth-order valence-electron chi connectivity index (χ4n) is 2.94. The van der Waals surface area contributed by atoms with Gasteiger partial charge in [0, 0.05) is 10.5 Å². The van der Waals surface area contributed by atoms with Crippen molar-refractivity contribution in [2.24, 2.45) is 5.92 Å². The van der Waals surface area contributed by atoms with Crippen LogP contribution in [-0.4, -0.2) is 13.2 Å². The first-order valence-electron chi connectivity index (χ1n) is 7.33. The van der Waals surface area contributed by atoms with Gasteiger partial charge in [-0.1, -0.05) is 42.1 Å². The molecule has 1 aliphatic rings. The SMILES string of the molecule is CCC1CCCC(Nc2cc(Br)ccc2OC)CC1. The Bertz CT molecular complexity index is 408. The first-order valence-corrected chi connectivity index (χ1v) is 8.12. The summed E-state index contributed by atoms with van der Waals surface area (Å²) in [7, 11) is 1.73. The van der Waals surface area contributed by atoms with Crippen molar-refractivity contribution in [2.75, 3.05) is 12.4 Å². The summed E-state index contributed by atoms with van der Waals surface area (Å²) in [6, 6.07) is 6.73. The lowest BCUT2D eigenvalue weighted by Gasteiger charge is -2.20. The third-order valence-corrected chi connectivity index (χ3v) is 4.68. The van der Waals surface area contributed by atoms with Gasteiger partial charge in [0.1, 0.15) is 5.75 Å². The van der Waals surface area contributed by atoms with Gasteiger partial charge in [-0.15, -0.1) is 0 Å². The van der Waals surface area contributed by atoms with Crippen LogP contribution < -0.4 is 10.1 Å². The Balaban J connectivity index is 2.02. The van der Waals surface area contributed by atoms with E-state index in [2.05, 4.69) is 34.2 Å². The minimum absolute atomic E-state index is 0.583. The van der Waals surface area contributed by atoms with Crippen LogP contribution in [-0.2, 0) is 0 Å². The first-order chi connectivity index (χ1) is 9.22. The van der Waals surface area contributed by atoms with Gasteiger partial charge in [-0.25, -0.2) is 0 Å². The Morgan fingerprint density at radius 3 is 2.84 bits per heavy atom. The van der Waals surface area contributed by atoms with E-state index in [-0.39, 0.29) is 0 Å². The molecule has 2 nitrogen and oxygen atoms in total. The summed E-state index contributed by atoms with van der Waals surface area (Å²) in [5, 5.41) is 3.67. The van der Waals surface area contributed by atoms with Crippen LogP contribution in [0.1, 0.15) is 45.4 Å². The number of hydrogen-bond acceptors (Lipinski definition) is 2. The molecule has 0 aromatic heterocycles. The second-order valence-electron chi connectivity index (χ2n) is 5.47. The van der Waals surface area contributed by atoms with Gasteiger partial charge < -0.3 is 10.1 Å². The zero-order valence-corrected chi connectivity index (χ0v) is 13.5. The number of hydrogen-bond donors (Lipinski definition) is 1. The first kappa shape index (κ1) is 14.7. The summed E-state index contributed by atoms with van der Waals surface area (Å²) in [4.78, 5) is 0. The summed E-state index contributed by atoms with van der Waals surface area (Å²) in [5.41, 5.74) is 1.11. The number of anilines is 1. The summed E-state index contributed by atoms with van der Waals surface area (Å²) >= 11 is 3.53. The van der Waals surface area contributed by atoms with Crippen molar-refractivity contribution in [3.63, 3.8) is 0 Å². The molecule has 1 N–H and O–H groups in total. The maximum Gasteiger partial charge on any atom is 0.142 e. The van der Waals surface area contributed by atoms with Crippen molar-refractivity contribution in [1.29, 1.82) is 0 Å². The largest absolute Gasteiger partial charge is 0.495 e. The molecule has 1 aliphatic carbocycles. The molecule has 19 heavy (non-hydrogen) atoms. The maximum atomic E-state index is 5.43. The van der Waals surface area contributed by atoms with Crippen LogP contribution >= 0.6 is 15.9 Å². The van der Waals surface area contributed by atoms with Gasteiger partial charge in [0.25, 0.3) is 0 Å². The van der Waals surface area contributed by atoms with Crippen LogP contribution in [0.15, 0.2) is 22.7 Å². The highest BCUT2D eigenvalue weighted by Gasteiger charge is 2.18. The maximum absolute atomic E-state index is 5.43. The quantitative estimate of drug-likeness (QED) is 0.765. The number of ether oxygens (including phenoxy) is 1. The molecule has 3 heteroatoms. The molecule has 2 atom stereocenters. The lowest BCUT2D eigenvalue weighted by atomic mass is 9.98. The fraction of sp³-hybridized carbons (Fsp3) is 0.625. The second-order valence-corrected chi connectivity index (χ2v) is 6.38. The Kier molecular flexibility index (Phi) is 5.56. The lowest BCUT2D eigenvalue weighted by molar-refractivity contribution is 0.415. The van der Waals surface area contributed by atoms with Crippen LogP contribution in [0.4, 0.5) is 5.69 Å². The summed E-state index contributed by atoms with van der Waals surface area (Å²) in [5.74, 6) is 1.86. The van der Waals surface area contributed by atoms with Crippen LogP contribution in [0.3, 0.4) is 0 Å². The molecule has 2 rings (SSSR count). The van der Waals surface area contributed by atoms with Crippen molar-refractivity contribution in [3.05, 3.63) is 22.7 Å². The van der Waals surface area contributed by atoms with Crippen LogP contribution in [0, 0.1) is 5.92 Å². The number of halogens is 1. The minimum atomic E-state index is 0.583. The van der Waals surface area contributed by atoms with Crippen molar-refractivity contribution in [2.45, 2.75) is 51.5 Å². The monoisotopic (exact) mass is 325 g/mol. The summed E-state index contributed by atoms with van der Waals surface area (Å²) in [6.07, 6.45) is 7.95. The minimum Gasteiger partial charge on any atom is -0.495 e. The van der Waals surface area contributed by atoms with E-state index in [1.807, 2.05) is 12.1 Å². The van der Waals surface area contributed by atoms with Gasteiger partial charge in [-0.05, 0) is 43.4 Å². The Hall–Kier alpha value is -0.700. The van der Waals surface area contributed by atoms with E-state index >= 15 is 0 Å². The van der Waals surface area contributed by atoms with Gasteiger partial charge in [-0.2, -0.15) is 0 Å². The third-order valence-electron chi connectivity index (χ3n) is 4.19. The van der Waals surface area contributed by atoms with E-state index in [1.165, 1.54) is 38.5 Å². The van der Waals surface area contributed by atoms with E-state index in [4.69, 9.17) is 4.74 Å². The van der Waals surface area contributed by atoms with E-state index in [0.717, 1.165) is 21.8 Å². The van der Waals surface area contributed by atoms with Gasteiger partial charge in [-0.3, -0.25) is 0 Å². The molecule has 106 valence electrons. The highest BCUT2D eigenvalue weighted by atomic mass is 79.9. The van der Waals surface area contributed by atoms with Crippen molar-refractivity contribution < 1.29 is 4.74 Å². The molecule has 0 spiro atoms. The predicted octanol–water partition coefficient (Wildman–Crippen LogP) is 5.23. The molecule has 0 bridgehead atoms. The summed E-state index contributed by atoms with van der Waals surface area (Å²) < 4.78 is 6.53. The molecule has 0 radical (unpaired) electrons. The van der Waals surface area contributed by atoms with Gasteiger partial charge >= 0.3 is 0 Å². The van der Waals surface area contributed by atoms with E-state index in [1.54, 1.807) is 7.11 Å². The van der Waals surface area contributed by atoms with Crippen LogP contribution in [0.5, 0.6) is 5.75 Å². The molecule has 1 aromatic carbocycles. The molecule has 1 fully saturated rings. The normalized spacial score (nSPS) is 23.7. The Morgan fingerprint density at radius 2 is 2.11 bits per heavy atom. The third kappa shape index (κ3) is 4.13. The number of methoxy groups -OCH3 is 1. The van der Waals surface area contributed by atoms with Gasteiger partial charge in [0.05, 0.1) is 12.8 Å². The Morgan fingerprint density at radius 1 is 1.26 bits per heavy atom. The molecule has 1 saturated carbocycles. The van der Waals surface area contributed by atoms with Crippen molar-refractivity contribution >= 4 is 21.6 Å². The lowest BCUT2D eigenvalue weighted by Crippen LogP contribution is -2.18. The van der Waals surface area contributed by atoms with Gasteiger partial charge in [0.2, 0.25) is 0 Å². The molecular formula is C16H24BrNO. The topological polar surface area (TPSA) is 21.3 Å². The zero-order valence-electron chi connectivity index (χ0n) is 11.9. The Labute approximate surface area is 125 Å². The van der Waals surface area contributed by atoms with Crippen LogP contribution in [0.25, 0.3) is 0 Å². The molecule has 0 aliphatic heterocycles. The summed E-state index contributed by atoms with van der Waals surface area (Å²) in [6.45, 7) is 2.32. The molecule has 0 saturated heterocycles. The van der Waals surface area contributed by atoms with E-state index in [9.17, 15) is 0 Å². The van der Waals surface area contributed by atoms with E-state index < -0.39 is 0 Å². The van der Waals surface area contributed by atoms with Gasteiger partial charge in [0.15, 0.2) is 0 Å². The standard InChI is InChI=1S/C16H24BrNO/c1-3-12-5-4-6-14(9-7-12)18-15-11-13(17)8-10-16(15)19-2/h8,10-12,14,18H,3-7,9H2,1-2H3. The smallest absolute Gasteiger partial charge is 0.142 e. The van der Waals surface area contributed by atoms with Crippen molar-refractivity contribution in [1.82, 2.24) is 0 Å². The number of rotatable bonds is 4. The molecule has 1 aromatic rings. The molecule has 0 heterocycles. The fourth-order valence-corrected chi connectivity index (χ4v) is 3.31. The second kappa shape index (κ2) is 7.18. The van der Waals surface area contributed by atoms with Crippen molar-refractivity contribution in [3.8, 4) is 5.75 Å². The predicted molar refractivity (Wildman–Crippen MR) is 85.0 cm³/mol. The number of benzene rings is 1. The van der Waals surface area contributed by atoms with E-state index in [0.29, 0.717) is 6.04 Å². The molecular weight excluding hydrogens is 302 g/mol. The molecule has 2 unspecified atom stereocenters. The average Bonchev–Trinajstić information content (AvgIpc) is 2.64.